The van der Waals surface area contributed by atoms with Crippen LogP contribution in [0, 0.1) is 13.8 Å². The van der Waals surface area contributed by atoms with Crippen molar-refractivity contribution < 1.29 is 32.8 Å². The normalized spacial score (nSPS) is 13.9. The number of hydrogen-bond donors (Lipinski definition) is 2. The van der Waals surface area contributed by atoms with Crippen molar-refractivity contribution in [3.63, 3.8) is 0 Å². The zero-order valence-electron chi connectivity index (χ0n) is 33.6. The number of nitrogens with zero attached hydrogens (tertiary/aromatic N) is 6. The molecule has 0 spiro atoms. The summed E-state index contributed by atoms with van der Waals surface area (Å²) in [6, 6.07) is 24.8. The van der Waals surface area contributed by atoms with Crippen LogP contribution in [-0.2, 0) is 17.9 Å². The lowest BCUT2D eigenvalue weighted by Gasteiger charge is -2.32. The molecule has 0 bridgehead atoms. The summed E-state index contributed by atoms with van der Waals surface area (Å²) in [6.45, 7) is 6.92. The number of aryl methyl sites for hydroxylation is 2. The number of amides is 5. The summed E-state index contributed by atoms with van der Waals surface area (Å²) in [4.78, 5) is 77.4. The first-order valence-corrected chi connectivity index (χ1v) is 19.9. The largest absolute Gasteiger partial charge is 0.344 e. The van der Waals surface area contributed by atoms with Gasteiger partial charge in [-0.2, -0.15) is 8.78 Å². The van der Waals surface area contributed by atoms with Crippen molar-refractivity contribution in [3.8, 4) is 0 Å². The maximum absolute atomic E-state index is 13.2. The van der Waals surface area contributed by atoms with Crippen LogP contribution in [0.3, 0.4) is 0 Å². The van der Waals surface area contributed by atoms with Crippen molar-refractivity contribution in [2.24, 2.45) is 5.73 Å². The lowest BCUT2D eigenvalue weighted by Crippen LogP contribution is -2.45. The Morgan fingerprint density at radius 1 is 0.627 bits per heavy atom. The number of nitrogens with one attached hydrogen (secondary N) is 1. The quantitative estimate of drug-likeness (QED) is 0.149. The third kappa shape index (κ3) is 12.7. The smallest absolute Gasteiger partial charge is 0.325 e. The van der Waals surface area contributed by atoms with Gasteiger partial charge in [0, 0.05) is 48.7 Å². The van der Waals surface area contributed by atoms with E-state index in [0.29, 0.717) is 36.8 Å². The molecule has 2 saturated heterocycles. The van der Waals surface area contributed by atoms with Gasteiger partial charge in [-0.15, -0.1) is 0 Å². The molecule has 0 unspecified atom stereocenters. The van der Waals surface area contributed by atoms with Crippen molar-refractivity contribution in [1.82, 2.24) is 25.1 Å². The first-order chi connectivity index (χ1) is 28.4. The van der Waals surface area contributed by atoms with Gasteiger partial charge in [-0.3, -0.25) is 24.2 Å². The summed E-state index contributed by atoms with van der Waals surface area (Å²) in [6.07, 6.45) is 3.14. The molecule has 0 atom stereocenters. The number of urea groups is 2. The van der Waals surface area contributed by atoms with Gasteiger partial charge in [0.15, 0.2) is 11.6 Å². The molecule has 13 nitrogen and oxygen atoms in total. The summed E-state index contributed by atoms with van der Waals surface area (Å²) < 4.78 is 24.5. The van der Waals surface area contributed by atoms with Gasteiger partial charge < -0.3 is 20.9 Å². The second kappa shape index (κ2) is 21.6. The fraction of sp³-hybridized carbons (Fsp3) is 0.386. The van der Waals surface area contributed by atoms with Crippen molar-refractivity contribution >= 4 is 41.2 Å². The van der Waals surface area contributed by atoms with Crippen LogP contribution in [0.4, 0.5) is 30.0 Å². The lowest BCUT2D eigenvalue weighted by atomic mass is 10.1. The van der Waals surface area contributed by atoms with E-state index < -0.39 is 24.7 Å². The maximum Gasteiger partial charge on any atom is 0.325 e. The number of carbonyl (C=O) groups excluding carboxylic acids is 5. The molecular formula is C44H52F2N8O5. The second-order valence-corrected chi connectivity index (χ2v) is 14.6. The third-order valence-electron chi connectivity index (χ3n) is 10.1. The number of piperidine rings is 2. The number of carbonyl (C=O) groups is 5. The molecule has 3 N–H and O–H groups in total. The third-order valence-corrected chi connectivity index (χ3v) is 10.1. The molecule has 15 heteroatoms. The molecule has 2 aliphatic rings. The van der Waals surface area contributed by atoms with Crippen LogP contribution < -0.4 is 20.9 Å². The van der Waals surface area contributed by atoms with E-state index in [2.05, 4.69) is 9.97 Å². The number of nitrogens with two attached hydrogens (primary N) is 1. The molecule has 312 valence electrons. The van der Waals surface area contributed by atoms with Gasteiger partial charge in [0.2, 0.25) is 0 Å². The standard InChI is InChI=1S/C23H26F2N4O3.C21H26N4O2/c1-16-6-5-7-20(27-16)29(23(32)28-12-3-2-4-13-28)15-17-8-10-18(11-9-17)19(30)14-26-22(31)21(24)25;1-16-6-5-7-20(23-16)25(21(27)24-12-3-2-4-13-24)15-17-8-10-18(11-9-17)19(26)14-22/h5-11,21H,2-4,12-15H2,1H3,(H,26,31);5-11H,2-4,12-15,22H2,1H3. The summed E-state index contributed by atoms with van der Waals surface area (Å²) in [5, 5.41) is 1.90. The van der Waals surface area contributed by atoms with E-state index in [1.807, 2.05) is 71.4 Å². The topological polar surface area (TPSA) is 162 Å². The number of rotatable bonds is 12. The second-order valence-electron chi connectivity index (χ2n) is 14.6. The van der Waals surface area contributed by atoms with Crippen LogP contribution in [0.2, 0.25) is 0 Å². The van der Waals surface area contributed by atoms with E-state index in [4.69, 9.17) is 5.73 Å². The minimum atomic E-state index is -3.16. The zero-order valence-corrected chi connectivity index (χ0v) is 33.6. The summed E-state index contributed by atoms with van der Waals surface area (Å²) >= 11 is 0. The minimum Gasteiger partial charge on any atom is -0.344 e. The Bertz CT molecular complexity index is 2050. The molecule has 2 aliphatic heterocycles. The summed E-state index contributed by atoms with van der Waals surface area (Å²) in [5.41, 5.74) is 9.68. The SMILES string of the molecule is Cc1cccc(N(Cc2ccc(C(=O)CN)cc2)C(=O)N2CCCCC2)n1.Cc1cccc(N(Cc2ccc(C(=O)CNC(=O)C(F)F)cc2)C(=O)N2CCCCC2)n1. The maximum atomic E-state index is 13.2. The van der Waals surface area contributed by atoms with Crippen molar-refractivity contribution in [2.45, 2.75) is 71.9 Å². The molecule has 2 fully saturated rings. The number of Topliss-reactive ketones (excluding diaryl/α,β-unsaturated/α-hetero) is 2. The summed E-state index contributed by atoms with van der Waals surface area (Å²) in [5.74, 6) is -0.856. The van der Waals surface area contributed by atoms with Crippen molar-refractivity contribution in [2.75, 3.05) is 49.1 Å². The van der Waals surface area contributed by atoms with Crippen molar-refractivity contribution in [3.05, 3.63) is 119 Å². The van der Waals surface area contributed by atoms with E-state index in [-0.39, 0.29) is 36.5 Å². The molecular weight excluding hydrogens is 759 g/mol. The average Bonchev–Trinajstić information content (AvgIpc) is 3.27. The highest BCUT2D eigenvalue weighted by Crippen LogP contribution is 2.22. The molecule has 0 radical (unpaired) electrons. The predicted molar refractivity (Wildman–Crippen MR) is 222 cm³/mol. The fourth-order valence-electron chi connectivity index (χ4n) is 6.78. The van der Waals surface area contributed by atoms with Crippen molar-refractivity contribution in [1.29, 1.82) is 0 Å². The van der Waals surface area contributed by atoms with Crippen LogP contribution in [0.15, 0.2) is 84.9 Å². The molecule has 6 rings (SSSR count). The first-order valence-electron chi connectivity index (χ1n) is 19.9. The molecule has 4 heterocycles. The van der Waals surface area contributed by atoms with Gasteiger partial charge in [0.25, 0.3) is 5.91 Å². The highest BCUT2D eigenvalue weighted by Gasteiger charge is 2.27. The van der Waals surface area contributed by atoms with E-state index in [9.17, 15) is 32.8 Å². The van der Waals surface area contributed by atoms with Crippen LogP contribution in [-0.4, -0.2) is 95.0 Å². The Kier molecular flexibility index (Phi) is 16.1. The molecule has 2 aromatic carbocycles. The first kappa shape index (κ1) is 44.0. The fourth-order valence-corrected chi connectivity index (χ4v) is 6.78. The number of alkyl halides is 2. The highest BCUT2D eigenvalue weighted by atomic mass is 19.3. The van der Waals surface area contributed by atoms with Crippen LogP contribution >= 0.6 is 0 Å². The molecule has 59 heavy (non-hydrogen) atoms. The molecule has 0 saturated carbocycles. The molecule has 4 aromatic rings. The van der Waals surface area contributed by atoms with E-state index >= 15 is 0 Å². The van der Waals surface area contributed by atoms with E-state index in [1.165, 1.54) is 6.42 Å². The number of hydrogen-bond acceptors (Lipinski definition) is 8. The Labute approximate surface area is 343 Å². The predicted octanol–water partition coefficient (Wildman–Crippen LogP) is 6.71. The number of halogens is 2. The Hall–Kier alpha value is -6.09. The Morgan fingerprint density at radius 2 is 1.03 bits per heavy atom. The Balaban J connectivity index is 0.000000227. The number of benzene rings is 2. The zero-order chi connectivity index (χ0) is 42.3. The molecule has 5 amide bonds. The van der Waals surface area contributed by atoms with Gasteiger partial charge in [-0.25, -0.2) is 19.6 Å². The van der Waals surface area contributed by atoms with Crippen LogP contribution in [0.1, 0.15) is 81.8 Å². The number of ketones is 2. The lowest BCUT2D eigenvalue weighted by molar-refractivity contribution is -0.131. The van der Waals surface area contributed by atoms with Gasteiger partial charge in [-0.05, 0) is 87.8 Å². The van der Waals surface area contributed by atoms with Gasteiger partial charge in [0.1, 0.15) is 11.6 Å². The van der Waals surface area contributed by atoms with Crippen LogP contribution in [0.25, 0.3) is 0 Å². The number of pyridine rings is 2. The van der Waals surface area contributed by atoms with E-state index in [0.717, 1.165) is 67.7 Å². The number of aromatic nitrogens is 2. The average molecular weight is 811 g/mol. The number of anilines is 2. The molecule has 2 aromatic heterocycles. The molecule has 0 aliphatic carbocycles. The van der Waals surface area contributed by atoms with E-state index in [1.54, 1.807) is 52.3 Å². The Morgan fingerprint density at radius 3 is 1.41 bits per heavy atom. The van der Waals surface area contributed by atoms with Gasteiger partial charge in [-0.1, -0.05) is 60.7 Å². The van der Waals surface area contributed by atoms with Gasteiger partial charge >= 0.3 is 18.5 Å². The summed E-state index contributed by atoms with van der Waals surface area (Å²) in [7, 11) is 0. The van der Waals surface area contributed by atoms with Gasteiger partial charge in [0.05, 0.1) is 26.2 Å². The number of likely N-dealkylation sites (tertiary alicyclic amines) is 2. The highest BCUT2D eigenvalue weighted by molar-refractivity contribution is 6.00. The minimum absolute atomic E-state index is 0.00781. The monoisotopic (exact) mass is 810 g/mol. The van der Waals surface area contributed by atoms with Crippen LogP contribution in [0.5, 0.6) is 0 Å².